The highest BCUT2D eigenvalue weighted by Gasteiger charge is 2.43. The predicted molar refractivity (Wildman–Crippen MR) is 105 cm³/mol. The first-order valence-corrected chi connectivity index (χ1v) is 10.5. The normalized spacial score (nSPS) is 26.4. The molecule has 3 heterocycles. The lowest BCUT2D eigenvalue weighted by Crippen LogP contribution is -2.54. The number of nitrogens with zero attached hydrogens (tertiary/aromatic N) is 3. The highest BCUT2D eigenvalue weighted by atomic mass is 16.2. The Balaban J connectivity index is 1.43. The van der Waals surface area contributed by atoms with E-state index in [0.717, 1.165) is 45.6 Å². The lowest BCUT2D eigenvalue weighted by Gasteiger charge is -2.50. The van der Waals surface area contributed by atoms with Crippen molar-refractivity contribution >= 4 is 6.03 Å². The average Bonchev–Trinajstić information content (AvgIpc) is 3.23. The Hall–Kier alpha value is -1.55. The Morgan fingerprint density at radius 3 is 2.35 bits per heavy atom. The molecule has 1 aromatic carbocycles. The van der Waals surface area contributed by atoms with E-state index in [1.165, 1.54) is 37.9 Å². The first-order valence-electron chi connectivity index (χ1n) is 10.5. The number of carbonyl (C=O) groups excluding carboxylic acids is 1. The number of likely N-dealkylation sites (N-methyl/N-ethyl adjacent to an activating group) is 1. The molecule has 2 amide bonds. The molecule has 3 aliphatic rings. The van der Waals surface area contributed by atoms with Gasteiger partial charge in [-0.25, -0.2) is 4.79 Å². The second kappa shape index (κ2) is 7.59. The van der Waals surface area contributed by atoms with E-state index in [-0.39, 0.29) is 0 Å². The van der Waals surface area contributed by atoms with Crippen LogP contribution in [0.1, 0.15) is 50.5 Å². The van der Waals surface area contributed by atoms with E-state index in [9.17, 15) is 4.79 Å². The minimum atomic E-state index is 0.292. The minimum absolute atomic E-state index is 0.292. The second-order valence-electron chi connectivity index (χ2n) is 8.60. The SMILES string of the molecule is CCN1C[C@@H](c2ccccc2)CC2(CCN(C(=O)N3CCCC3)CC2)C1. The number of hydrogen-bond donors (Lipinski definition) is 0. The van der Waals surface area contributed by atoms with Crippen LogP contribution in [0.2, 0.25) is 0 Å². The molecule has 3 fully saturated rings. The van der Waals surface area contributed by atoms with Gasteiger partial charge < -0.3 is 14.7 Å². The molecule has 1 aromatic rings. The summed E-state index contributed by atoms with van der Waals surface area (Å²) in [6.45, 7) is 9.59. The van der Waals surface area contributed by atoms with E-state index >= 15 is 0 Å². The van der Waals surface area contributed by atoms with Crippen molar-refractivity contribution in [2.75, 3.05) is 45.8 Å². The van der Waals surface area contributed by atoms with E-state index in [1.807, 2.05) is 0 Å². The molecule has 0 bridgehead atoms. The molecule has 4 heteroatoms. The molecule has 0 radical (unpaired) electrons. The maximum absolute atomic E-state index is 12.7. The van der Waals surface area contributed by atoms with Crippen LogP contribution in [0, 0.1) is 5.41 Å². The zero-order valence-electron chi connectivity index (χ0n) is 16.2. The number of likely N-dealkylation sites (tertiary alicyclic amines) is 3. The molecule has 4 nitrogen and oxygen atoms in total. The fourth-order valence-corrected chi connectivity index (χ4v) is 5.33. The Bertz CT molecular complexity index is 603. The van der Waals surface area contributed by atoms with Crippen molar-refractivity contribution in [2.45, 2.75) is 44.9 Å². The molecule has 0 N–H and O–H groups in total. The van der Waals surface area contributed by atoms with Crippen molar-refractivity contribution in [1.29, 1.82) is 0 Å². The van der Waals surface area contributed by atoms with Crippen LogP contribution in [0.4, 0.5) is 4.79 Å². The number of urea groups is 1. The number of amides is 2. The van der Waals surface area contributed by atoms with Crippen LogP contribution in [0.3, 0.4) is 0 Å². The zero-order chi connectivity index (χ0) is 18.0. The Morgan fingerprint density at radius 2 is 1.69 bits per heavy atom. The lowest BCUT2D eigenvalue weighted by molar-refractivity contribution is 0.0215. The molecule has 0 unspecified atom stereocenters. The third kappa shape index (κ3) is 3.62. The summed E-state index contributed by atoms with van der Waals surface area (Å²) < 4.78 is 0. The molecule has 3 aliphatic heterocycles. The molecule has 1 spiro atoms. The fraction of sp³-hybridized carbons (Fsp3) is 0.682. The largest absolute Gasteiger partial charge is 0.325 e. The monoisotopic (exact) mass is 355 g/mol. The molecule has 4 rings (SSSR count). The van der Waals surface area contributed by atoms with E-state index in [2.05, 4.69) is 52.0 Å². The molecule has 26 heavy (non-hydrogen) atoms. The third-order valence-corrected chi connectivity index (χ3v) is 6.91. The van der Waals surface area contributed by atoms with Crippen molar-refractivity contribution in [3.05, 3.63) is 35.9 Å². The number of piperidine rings is 2. The van der Waals surface area contributed by atoms with Gasteiger partial charge >= 0.3 is 6.03 Å². The van der Waals surface area contributed by atoms with Gasteiger partial charge in [-0.05, 0) is 55.5 Å². The number of benzene rings is 1. The summed E-state index contributed by atoms with van der Waals surface area (Å²) in [4.78, 5) is 19.5. The molecule has 0 aliphatic carbocycles. The van der Waals surface area contributed by atoms with E-state index in [1.54, 1.807) is 0 Å². The average molecular weight is 356 g/mol. The van der Waals surface area contributed by atoms with Gasteiger partial charge in [-0.2, -0.15) is 0 Å². The molecule has 0 aromatic heterocycles. The number of carbonyl (C=O) groups is 1. The molecule has 3 saturated heterocycles. The van der Waals surface area contributed by atoms with Crippen molar-refractivity contribution in [3.8, 4) is 0 Å². The summed E-state index contributed by atoms with van der Waals surface area (Å²) in [6, 6.07) is 11.3. The highest BCUT2D eigenvalue weighted by molar-refractivity contribution is 5.74. The van der Waals surface area contributed by atoms with Gasteiger partial charge in [-0.1, -0.05) is 37.3 Å². The first-order chi connectivity index (χ1) is 12.7. The number of rotatable bonds is 2. The lowest BCUT2D eigenvalue weighted by atomic mass is 9.68. The summed E-state index contributed by atoms with van der Waals surface area (Å²) in [7, 11) is 0. The summed E-state index contributed by atoms with van der Waals surface area (Å²) in [6.07, 6.45) is 5.94. The number of hydrogen-bond acceptors (Lipinski definition) is 2. The molecule has 1 atom stereocenters. The van der Waals surface area contributed by atoms with Gasteiger partial charge in [0.1, 0.15) is 0 Å². The van der Waals surface area contributed by atoms with Crippen LogP contribution >= 0.6 is 0 Å². The fourth-order valence-electron chi connectivity index (χ4n) is 5.33. The standard InChI is InChI=1S/C22H33N3O/c1-2-23-17-20(19-8-4-3-5-9-19)16-22(18-23)10-14-25(15-11-22)21(26)24-12-6-7-13-24/h3-5,8-9,20H,2,6-7,10-18H2,1H3/t20-/m0/s1. The van der Waals surface area contributed by atoms with Crippen LogP contribution in [-0.4, -0.2) is 66.5 Å². The quantitative estimate of drug-likeness (QED) is 0.807. The van der Waals surface area contributed by atoms with Gasteiger partial charge in [0.05, 0.1) is 0 Å². The summed E-state index contributed by atoms with van der Waals surface area (Å²) in [5, 5.41) is 0. The summed E-state index contributed by atoms with van der Waals surface area (Å²) in [5.74, 6) is 0.630. The molecule has 0 saturated carbocycles. The van der Waals surface area contributed by atoms with Gasteiger partial charge in [-0.3, -0.25) is 0 Å². The van der Waals surface area contributed by atoms with Crippen molar-refractivity contribution in [2.24, 2.45) is 5.41 Å². The zero-order valence-corrected chi connectivity index (χ0v) is 16.2. The predicted octanol–water partition coefficient (Wildman–Crippen LogP) is 3.79. The molecular weight excluding hydrogens is 322 g/mol. The maximum atomic E-state index is 12.7. The van der Waals surface area contributed by atoms with Crippen molar-refractivity contribution in [3.63, 3.8) is 0 Å². The van der Waals surface area contributed by atoms with Crippen LogP contribution in [0.5, 0.6) is 0 Å². The Morgan fingerprint density at radius 1 is 1.04 bits per heavy atom. The van der Waals surface area contributed by atoms with Gasteiger partial charge in [0, 0.05) is 39.3 Å². The third-order valence-electron chi connectivity index (χ3n) is 6.91. The first kappa shape index (κ1) is 17.8. The molecular formula is C22H33N3O. The van der Waals surface area contributed by atoms with Gasteiger partial charge in [0.25, 0.3) is 0 Å². The summed E-state index contributed by atoms with van der Waals surface area (Å²) >= 11 is 0. The minimum Gasteiger partial charge on any atom is -0.325 e. The van der Waals surface area contributed by atoms with Crippen LogP contribution in [0.25, 0.3) is 0 Å². The van der Waals surface area contributed by atoms with E-state index in [4.69, 9.17) is 0 Å². The Labute approximate surface area is 158 Å². The highest BCUT2D eigenvalue weighted by Crippen LogP contribution is 2.45. The van der Waals surface area contributed by atoms with Crippen molar-refractivity contribution in [1.82, 2.24) is 14.7 Å². The van der Waals surface area contributed by atoms with Crippen molar-refractivity contribution < 1.29 is 4.79 Å². The molecule has 142 valence electrons. The smallest absolute Gasteiger partial charge is 0.319 e. The topological polar surface area (TPSA) is 26.8 Å². The van der Waals surface area contributed by atoms with Crippen LogP contribution in [-0.2, 0) is 0 Å². The Kier molecular flexibility index (Phi) is 5.21. The second-order valence-corrected chi connectivity index (χ2v) is 8.60. The maximum Gasteiger partial charge on any atom is 0.319 e. The van der Waals surface area contributed by atoms with E-state index < -0.39 is 0 Å². The van der Waals surface area contributed by atoms with Gasteiger partial charge in [0.2, 0.25) is 0 Å². The summed E-state index contributed by atoms with van der Waals surface area (Å²) in [5.41, 5.74) is 1.87. The van der Waals surface area contributed by atoms with Crippen LogP contribution in [0.15, 0.2) is 30.3 Å². The van der Waals surface area contributed by atoms with Crippen LogP contribution < -0.4 is 0 Å². The van der Waals surface area contributed by atoms with Gasteiger partial charge in [-0.15, -0.1) is 0 Å². The van der Waals surface area contributed by atoms with E-state index in [0.29, 0.717) is 17.4 Å². The van der Waals surface area contributed by atoms with Gasteiger partial charge in [0.15, 0.2) is 0 Å².